The van der Waals surface area contributed by atoms with Crippen molar-refractivity contribution < 1.29 is 14.3 Å². The van der Waals surface area contributed by atoms with Crippen LogP contribution < -0.4 is 15.5 Å². The van der Waals surface area contributed by atoms with Crippen molar-refractivity contribution in [3.63, 3.8) is 0 Å². The highest BCUT2D eigenvalue weighted by Crippen LogP contribution is 2.38. The quantitative estimate of drug-likeness (QED) is 0.499. The molecule has 2 aromatic rings. The van der Waals surface area contributed by atoms with Crippen molar-refractivity contribution >= 4 is 17.6 Å². The van der Waals surface area contributed by atoms with Gasteiger partial charge in [-0.15, -0.1) is 0 Å². The van der Waals surface area contributed by atoms with Gasteiger partial charge in [-0.3, -0.25) is 19.9 Å². The van der Waals surface area contributed by atoms with Crippen LogP contribution in [0.1, 0.15) is 62.1 Å². The third-order valence-corrected chi connectivity index (χ3v) is 7.87. The van der Waals surface area contributed by atoms with Gasteiger partial charge in [-0.1, -0.05) is 54.8 Å². The van der Waals surface area contributed by atoms with Gasteiger partial charge in [0.2, 0.25) is 11.8 Å². The number of ether oxygens (including phenoxy) is 1. The van der Waals surface area contributed by atoms with Crippen LogP contribution in [-0.4, -0.2) is 52.9 Å². The van der Waals surface area contributed by atoms with Crippen LogP contribution in [0.2, 0.25) is 0 Å². The summed E-state index contributed by atoms with van der Waals surface area (Å²) in [7, 11) is 0. The molecule has 3 unspecified atom stereocenters. The van der Waals surface area contributed by atoms with Crippen LogP contribution >= 0.6 is 0 Å². The topological polar surface area (TPSA) is 86.3 Å². The van der Waals surface area contributed by atoms with Crippen LogP contribution in [0.25, 0.3) is 0 Å². The Balaban J connectivity index is 1.17. The van der Waals surface area contributed by atoms with Crippen molar-refractivity contribution in [3.05, 3.63) is 65.2 Å². The van der Waals surface area contributed by atoms with E-state index >= 15 is 0 Å². The Labute approximate surface area is 225 Å². The summed E-state index contributed by atoms with van der Waals surface area (Å²) in [6, 6.07) is 16.5. The first-order chi connectivity index (χ1) is 18.5. The lowest BCUT2D eigenvalue weighted by atomic mass is 9.80. The fourth-order valence-electron chi connectivity index (χ4n) is 5.87. The van der Waals surface area contributed by atoms with E-state index in [1.807, 2.05) is 36.1 Å². The van der Waals surface area contributed by atoms with Gasteiger partial charge in [-0.25, -0.2) is 0 Å². The van der Waals surface area contributed by atoms with Crippen molar-refractivity contribution in [2.45, 2.75) is 77.7 Å². The van der Waals surface area contributed by atoms with Crippen molar-refractivity contribution in [3.8, 4) is 5.75 Å². The Kier molecular flexibility index (Phi) is 8.15. The summed E-state index contributed by atoms with van der Waals surface area (Å²) in [5, 5.41) is 7.69. The minimum Gasteiger partial charge on any atom is -0.494 e. The van der Waals surface area contributed by atoms with Gasteiger partial charge >= 0.3 is 0 Å². The maximum atomic E-state index is 13.6. The van der Waals surface area contributed by atoms with Gasteiger partial charge in [0.25, 0.3) is 0 Å². The molecule has 2 aromatic carbocycles. The lowest BCUT2D eigenvalue weighted by Gasteiger charge is -2.50. The summed E-state index contributed by atoms with van der Waals surface area (Å²) in [5.41, 5.74) is 6.71. The molecule has 1 aliphatic carbocycles. The first-order valence-electron chi connectivity index (χ1n) is 14.0. The molecule has 2 fully saturated rings. The van der Waals surface area contributed by atoms with E-state index in [0.717, 1.165) is 54.8 Å². The van der Waals surface area contributed by atoms with E-state index in [4.69, 9.17) is 4.74 Å². The number of hydrazone groups is 1. The van der Waals surface area contributed by atoms with Crippen molar-refractivity contribution in [2.75, 3.05) is 13.2 Å². The first-order valence-corrected chi connectivity index (χ1v) is 14.0. The summed E-state index contributed by atoms with van der Waals surface area (Å²) >= 11 is 0. The van der Waals surface area contributed by atoms with Gasteiger partial charge in [0.15, 0.2) is 6.29 Å². The number of amides is 2. The number of rotatable bonds is 10. The van der Waals surface area contributed by atoms with Crippen LogP contribution in [-0.2, 0) is 22.6 Å². The summed E-state index contributed by atoms with van der Waals surface area (Å²) in [4.78, 5) is 30.5. The van der Waals surface area contributed by atoms with Crippen molar-refractivity contribution in [1.82, 2.24) is 20.5 Å². The molecule has 38 heavy (non-hydrogen) atoms. The van der Waals surface area contributed by atoms with E-state index in [1.165, 1.54) is 5.56 Å². The largest absolute Gasteiger partial charge is 0.494 e. The van der Waals surface area contributed by atoms with E-state index in [1.54, 1.807) is 0 Å². The Morgan fingerprint density at radius 1 is 1.05 bits per heavy atom. The standard InChI is InChI=1S/C30H39N5O3/c1-3-38-24-14-12-22(13-15-24)18-19-31-28(36)17-16-27-32-33-30-34(20-23-10-8-21(2)9-11-23)29(37)25-6-4-5-7-26(25)35(27)30/h8-15,25-26,30,33H,3-7,16-20H2,1-2H3,(H,31,36). The minimum atomic E-state index is -0.291. The molecular weight excluding hydrogens is 478 g/mol. The SMILES string of the molecule is CCOc1ccc(CCNC(=O)CCC2=NNC3N(Cc4ccc(C)cc4)C(=O)C4CCCCC4N23)cc1. The summed E-state index contributed by atoms with van der Waals surface area (Å²) in [6.45, 7) is 5.82. The molecule has 8 nitrogen and oxygen atoms in total. The Morgan fingerprint density at radius 3 is 2.55 bits per heavy atom. The van der Waals surface area contributed by atoms with Crippen LogP contribution in [0.3, 0.4) is 0 Å². The number of amidine groups is 1. The molecule has 2 heterocycles. The maximum absolute atomic E-state index is 13.6. The maximum Gasteiger partial charge on any atom is 0.231 e. The zero-order valence-corrected chi connectivity index (χ0v) is 22.5. The second-order valence-corrected chi connectivity index (χ2v) is 10.5. The Hall–Kier alpha value is -3.55. The van der Waals surface area contributed by atoms with Crippen LogP contribution in [0, 0.1) is 12.8 Å². The number of hydrogen-bond acceptors (Lipinski definition) is 6. The van der Waals surface area contributed by atoms with E-state index < -0.39 is 0 Å². The molecule has 3 aliphatic rings. The number of nitrogens with one attached hydrogen (secondary N) is 2. The van der Waals surface area contributed by atoms with E-state index in [-0.39, 0.29) is 30.1 Å². The van der Waals surface area contributed by atoms with Gasteiger partial charge in [0.1, 0.15) is 11.6 Å². The van der Waals surface area contributed by atoms with Gasteiger partial charge in [-0.05, 0) is 56.4 Å². The summed E-state index contributed by atoms with van der Waals surface area (Å²) in [5.74, 6) is 1.97. The van der Waals surface area contributed by atoms with Crippen molar-refractivity contribution in [1.29, 1.82) is 0 Å². The Morgan fingerprint density at radius 2 is 1.79 bits per heavy atom. The molecule has 0 bridgehead atoms. The second-order valence-electron chi connectivity index (χ2n) is 10.5. The third kappa shape index (κ3) is 5.79. The molecule has 2 amide bonds. The van der Waals surface area contributed by atoms with Crippen LogP contribution in [0.4, 0.5) is 0 Å². The zero-order valence-electron chi connectivity index (χ0n) is 22.5. The number of carbonyl (C=O) groups excluding carboxylic acids is 2. The molecular formula is C30H39N5O3. The molecule has 0 radical (unpaired) electrons. The predicted octanol–water partition coefficient (Wildman–Crippen LogP) is 3.94. The summed E-state index contributed by atoms with van der Waals surface area (Å²) in [6.07, 6.45) is 5.51. The van der Waals surface area contributed by atoms with E-state index in [9.17, 15) is 9.59 Å². The highest BCUT2D eigenvalue weighted by molar-refractivity contribution is 5.91. The highest BCUT2D eigenvalue weighted by atomic mass is 16.5. The molecule has 1 saturated carbocycles. The lowest BCUT2D eigenvalue weighted by Crippen LogP contribution is -2.67. The minimum absolute atomic E-state index is 0.0153. The second kappa shape index (κ2) is 11.9. The smallest absolute Gasteiger partial charge is 0.231 e. The molecule has 2 aliphatic heterocycles. The molecule has 8 heteroatoms. The average molecular weight is 518 g/mol. The summed E-state index contributed by atoms with van der Waals surface area (Å²) < 4.78 is 5.49. The highest BCUT2D eigenvalue weighted by Gasteiger charge is 2.50. The van der Waals surface area contributed by atoms with Gasteiger partial charge in [0.05, 0.1) is 12.5 Å². The van der Waals surface area contributed by atoms with E-state index in [2.05, 4.69) is 51.9 Å². The normalized spacial score (nSPS) is 22.3. The fraction of sp³-hybridized carbons (Fsp3) is 0.500. The van der Waals surface area contributed by atoms with Crippen LogP contribution in [0.15, 0.2) is 53.6 Å². The first kappa shape index (κ1) is 26.1. The molecule has 5 rings (SSSR count). The van der Waals surface area contributed by atoms with Crippen LogP contribution in [0.5, 0.6) is 5.75 Å². The van der Waals surface area contributed by atoms with E-state index in [0.29, 0.717) is 32.5 Å². The third-order valence-electron chi connectivity index (χ3n) is 7.87. The van der Waals surface area contributed by atoms with Gasteiger partial charge in [0, 0.05) is 32.0 Å². The number of hydrogen-bond donors (Lipinski definition) is 2. The van der Waals surface area contributed by atoms with Crippen molar-refractivity contribution in [2.24, 2.45) is 11.0 Å². The average Bonchev–Trinajstić information content (AvgIpc) is 3.36. The van der Waals surface area contributed by atoms with Gasteiger partial charge in [-0.2, -0.15) is 5.10 Å². The lowest BCUT2D eigenvalue weighted by molar-refractivity contribution is -0.156. The Bertz CT molecular complexity index is 1150. The fourth-order valence-corrected chi connectivity index (χ4v) is 5.87. The predicted molar refractivity (Wildman–Crippen MR) is 147 cm³/mol. The molecule has 1 saturated heterocycles. The molecule has 3 atom stereocenters. The number of nitrogens with zero attached hydrogens (tertiary/aromatic N) is 3. The molecule has 202 valence electrons. The number of aryl methyl sites for hydroxylation is 1. The molecule has 0 aromatic heterocycles. The molecule has 0 spiro atoms. The number of carbonyl (C=O) groups is 2. The monoisotopic (exact) mass is 517 g/mol. The number of benzene rings is 2. The number of fused-ring (bicyclic) bond motifs is 3. The molecule has 2 N–H and O–H groups in total. The van der Waals surface area contributed by atoms with Gasteiger partial charge < -0.3 is 15.0 Å². The zero-order chi connectivity index (χ0) is 26.5.